The number of carbonyl (C=O) groups is 1. The first-order valence-electron chi connectivity index (χ1n) is 9.27. The third kappa shape index (κ3) is 3.54. The molecule has 1 N–H and O–H groups in total. The van der Waals surface area contributed by atoms with Crippen molar-refractivity contribution in [2.75, 3.05) is 13.3 Å². The van der Waals surface area contributed by atoms with Crippen molar-refractivity contribution in [2.45, 2.75) is 19.3 Å². The van der Waals surface area contributed by atoms with Gasteiger partial charge in [-0.15, -0.1) is 0 Å². The standard InChI is InChI=1S/C21H18ClN3O4/c22-15-4-1-13(2-5-15)17-9-23-20-11-27-16(10-25(17)20)8-24-21(26)14-3-6-18-19(7-14)29-12-28-18/h1-7,9,16H,8,10-12H2,(H,24,26)/t16-/m0/s1. The van der Waals surface area contributed by atoms with Crippen LogP contribution < -0.4 is 14.8 Å². The lowest BCUT2D eigenvalue weighted by Gasteiger charge is -2.26. The topological polar surface area (TPSA) is 74.6 Å². The van der Waals surface area contributed by atoms with Crippen molar-refractivity contribution in [3.8, 4) is 22.8 Å². The second kappa shape index (κ2) is 7.42. The van der Waals surface area contributed by atoms with Gasteiger partial charge in [0.25, 0.3) is 5.91 Å². The molecule has 0 saturated heterocycles. The number of ether oxygens (including phenoxy) is 3. The maximum absolute atomic E-state index is 12.5. The van der Waals surface area contributed by atoms with Crippen LogP contribution in [0.3, 0.4) is 0 Å². The van der Waals surface area contributed by atoms with E-state index in [1.807, 2.05) is 30.5 Å². The van der Waals surface area contributed by atoms with Crippen LogP contribution in [0.5, 0.6) is 11.5 Å². The van der Waals surface area contributed by atoms with Gasteiger partial charge in [0.15, 0.2) is 11.5 Å². The largest absolute Gasteiger partial charge is 0.454 e. The molecule has 3 aromatic rings. The number of hydrogen-bond donors (Lipinski definition) is 1. The number of carbonyl (C=O) groups excluding carboxylic acids is 1. The van der Waals surface area contributed by atoms with E-state index in [9.17, 15) is 4.79 Å². The number of imidazole rings is 1. The molecule has 3 heterocycles. The highest BCUT2D eigenvalue weighted by molar-refractivity contribution is 6.30. The predicted octanol–water partition coefficient (Wildman–Crippen LogP) is 3.26. The molecule has 0 bridgehead atoms. The van der Waals surface area contributed by atoms with Crippen molar-refractivity contribution in [3.05, 3.63) is 65.1 Å². The fraction of sp³-hybridized carbons (Fsp3) is 0.238. The van der Waals surface area contributed by atoms with Gasteiger partial charge in [-0.3, -0.25) is 4.79 Å². The van der Waals surface area contributed by atoms with Crippen LogP contribution in [0.25, 0.3) is 11.3 Å². The van der Waals surface area contributed by atoms with E-state index in [1.54, 1.807) is 18.2 Å². The van der Waals surface area contributed by atoms with E-state index in [1.165, 1.54) is 0 Å². The number of nitrogens with zero attached hydrogens (tertiary/aromatic N) is 2. The van der Waals surface area contributed by atoms with E-state index >= 15 is 0 Å². The number of halogens is 1. The van der Waals surface area contributed by atoms with Gasteiger partial charge in [0.2, 0.25) is 6.79 Å². The molecule has 5 rings (SSSR count). The molecule has 1 aromatic heterocycles. The number of nitrogens with one attached hydrogen (secondary N) is 1. The molecular formula is C21H18ClN3O4. The molecule has 2 aromatic carbocycles. The summed E-state index contributed by atoms with van der Waals surface area (Å²) in [6.45, 7) is 1.58. The quantitative estimate of drug-likeness (QED) is 0.713. The third-order valence-electron chi connectivity index (χ3n) is 5.04. The van der Waals surface area contributed by atoms with Crippen LogP contribution in [-0.4, -0.2) is 34.9 Å². The van der Waals surface area contributed by atoms with Crippen LogP contribution in [0.4, 0.5) is 0 Å². The molecule has 0 saturated carbocycles. The lowest BCUT2D eigenvalue weighted by atomic mass is 10.1. The SMILES string of the molecule is O=C(NC[C@H]1Cn2c(-c3ccc(Cl)cc3)cnc2CO1)c1ccc2c(c1)OCO2. The number of fused-ring (bicyclic) bond motifs is 2. The fourth-order valence-corrected chi connectivity index (χ4v) is 3.63. The smallest absolute Gasteiger partial charge is 0.251 e. The Morgan fingerprint density at radius 1 is 1.17 bits per heavy atom. The van der Waals surface area contributed by atoms with Gasteiger partial charge in [0.05, 0.1) is 24.5 Å². The number of aromatic nitrogens is 2. The highest BCUT2D eigenvalue weighted by Crippen LogP contribution is 2.32. The Bertz CT molecular complexity index is 1060. The molecule has 2 aliphatic heterocycles. The molecule has 0 fully saturated rings. The minimum atomic E-state index is -0.179. The van der Waals surface area contributed by atoms with Crippen molar-refractivity contribution in [1.29, 1.82) is 0 Å². The van der Waals surface area contributed by atoms with Gasteiger partial charge < -0.3 is 24.1 Å². The average Bonchev–Trinajstić information content (AvgIpc) is 3.38. The van der Waals surface area contributed by atoms with Crippen LogP contribution in [0, 0.1) is 0 Å². The second-order valence-electron chi connectivity index (χ2n) is 6.89. The van der Waals surface area contributed by atoms with E-state index < -0.39 is 0 Å². The first-order valence-corrected chi connectivity index (χ1v) is 9.65. The van der Waals surface area contributed by atoms with E-state index in [0.717, 1.165) is 17.1 Å². The Balaban J connectivity index is 1.26. The molecule has 0 aliphatic carbocycles. The Morgan fingerprint density at radius 3 is 2.86 bits per heavy atom. The summed E-state index contributed by atoms with van der Waals surface area (Å²) in [5, 5.41) is 3.63. The van der Waals surface area contributed by atoms with E-state index in [-0.39, 0.29) is 18.8 Å². The van der Waals surface area contributed by atoms with Crippen LogP contribution in [0.1, 0.15) is 16.2 Å². The molecule has 7 nitrogen and oxygen atoms in total. The van der Waals surface area contributed by atoms with Crippen LogP contribution in [0.2, 0.25) is 5.02 Å². The Labute approximate surface area is 172 Å². The summed E-state index contributed by atoms with van der Waals surface area (Å²) in [4.78, 5) is 17.0. The monoisotopic (exact) mass is 411 g/mol. The third-order valence-corrected chi connectivity index (χ3v) is 5.29. The highest BCUT2D eigenvalue weighted by atomic mass is 35.5. The summed E-state index contributed by atoms with van der Waals surface area (Å²) < 4.78 is 18.6. The summed E-state index contributed by atoms with van der Waals surface area (Å²) in [6, 6.07) is 12.8. The van der Waals surface area contributed by atoms with Gasteiger partial charge in [0.1, 0.15) is 12.4 Å². The molecule has 0 spiro atoms. The Morgan fingerprint density at radius 2 is 2.00 bits per heavy atom. The van der Waals surface area contributed by atoms with Gasteiger partial charge in [0, 0.05) is 17.1 Å². The zero-order valence-corrected chi connectivity index (χ0v) is 16.2. The van der Waals surface area contributed by atoms with Crippen molar-refractivity contribution < 1.29 is 19.0 Å². The van der Waals surface area contributed by atoms with Crippen molar-refractivity contribution >= 4 is 17.5 Å². The zero-order chi connectivity index (χ0) is 19.8. The molecule has 29 heavy (non-hydrogen) atoms. The second-order valence-corrected chi connectivity index (χ2v) is 7.32. The van der Waals surface area contributed by atoms with Gasteiger partial charge in [-0.1, -0.05) is 23.7 Å². The van der Waals surface area contributed by atoms with Crippen LogP contribution >= 0.6 is 11.6 Å². The summed E-state index contributed by atoms with van der Waals surface area (Å²) in [7, 11) is 0. The van der Waals surface area contributed by atoms with Crippen molar-refractivity contribution in [2.24, 2.45) is 0 Å². The summed E-state index contributed by atoms with van der Waals surface area (Å²) in [5.41, 5.74) is 2.57. The minimum absolute atomic E-state index is 0.152. The van der Waals surface area contributed by atoms with Gasteiger partial charge in [-0.25, -0.2) is 4.98 Å². The molecule has 1 amide bonds. The van der Waals surface area contributed by atoms with E-state index in [2.05, 4.69) is 14.9 Å². The molecule has 0 unspecified atom stereocenters. The molecule has 2 aliphatic rings. The molecule has 148 valence electrons. The number of hydrogen-bond acceptors (Lipinski definition) is 5. The van der Waals surface area contributed by atoms with Crippen LogP contribution in [0.15, 0.2) is 48.7 Å². The maximum Gasteiger partial charge on any atom is 0.251 e. The predicted molar refractivity (Wildman–Crippen MR) is 106 cm³/mol. The van der Waals surface area contributed by atoms with Crippen molar-refractivity contribution in [1.82, 2.24) is 14.9 Å². The van der Waals surface area contributed by atoms with Crippen molar-refractivity contribution in [3.63, 3.8) is 0 Å². The highest BCUT2D eigenvalue weighted by Gasteiger charge is 2.24. The summed E-state index contributed by atoms with van der Waals surface area (Å²) >= 11 is 5.99. The summed E-state index contributed by atoms with van der Waals surface area (Å²) in [5.74, 6) is 1.93. The van der Waals surface area contributed by atoms with Gasteiger partial charge >= 0.3 is 0 Å². The van der Waals surface area contributed by atoms with E-state index in [0.29, 0.717) is 41.8 Å². The number of rotatable bonds is 4. The van der Waals surface area contributed by atoms with Crippen LogP contribution in [-0.2, 0) is 17.9 Å². The normalized spacial score (nSPS) is 17.1. The van der Waals surface area contributed by atoms with Gasteiger partial charge in [-0.2, -0.15) is 0 Å². The zero-order valence-electron chi connectivity index (χ0n) is 15.4. The molecular weight excluding hydrogens is 394 g/mol. The van der Waals surface area contributed by atoms with E-state index in [4.69, 9.17) is 25.8 Å². The first kappa shape index (κ1) is 18.0. The molecule has 8 heteroatoms. The maximum atomic E-state index is 12.5. The lowest BCUT2D eigenvalue weighted by Crippen LogP contribution is -2.39. The average molecular weight is 412 g/mol. The number of amides is 1. The molecule has 0 radical (unpaired) electrons. The Kier molecular flexibility index (Phi) is 4.61. The lowest BCUT2D eigenvalue weighted by molar-refractivity contribution is 0.00374. The Hall–Kier alpha value is -3.03. The van der Waals surface area contributed by atoms with Gasteiger partial charge in [-0.05, 0) is 35.9 Å². The fourth-order valence-electron chi connectivity index (χ4n) is 3.50. The minimum Gasteiger partial charge on any atom is -0.454 e. The number of benzene rings is 2. The summed E-state index contributed by atoms with van der Waals surface area (Å²) in [6.07, 6.45) is 1.69. The molecule has 1 atom stereocenters. The first-order chi connectivity index (χ1) is 14.2.